The third kappa shape index (κ3) is 3.40. The zero-order valence-corrected chi connectivity index (χ0v) is 15.2. The fourth-order valence-corrected chi connectivity index (χ4v) is 3.95. The zero-order chi connectivity index (χ0) is 20.5. The second-order valence-electron chi connectivity index (χ2n) is 6.20. The van der Waals surface area contributed by atoms with E-state index in [4.69, 9.17) is 10.3 Å². The summed E-state index contributed by atoms with van der Waals surface area (Å²) in [5, 5.41) is 22.5. The Kier molecular flexibility index (Phi) is 5.76. The number of nitrogens with one attached hydrogen (secondary N) is 1. The van der Waals surface area contributed by atoms with Crippen LogP contribution in [0.4, 0.5) is 4.39 Å². The molecule has 0 aliphatic carbocycles. The topological polar surface area (TPSA) is 174 Å². The summed E-state index contributed by atoms with van der Waals surface area (Å²) in [6.07, 6.45) is -5.34. The smallest absolute Gasteiger partial charge is 0.330 e. The van der Waals surface area contributed by atoms with Crippen molar-refractivity contribution in [3.63, 3.8) is 0 Å². The minimum Gasteiger partial charge on any atom is -0.393 e. The molecule has 0 saturated carbocycles. The number of amides is 1. The SMILES string of the molecule is [N-]=[N+]=N[C@]1(CO)O[C@@H](n2cc(C(=O)N3CCSCC3)c(=O)[nH]c2=O)[C@@H](F)C1O. The van der Waals surface area contributed by atoms with E-state index >= 15 is 0 Å². The molecule has 0 radical (unpaired) electrons. The number of alkyl halides is 1. The summed E-state index contributed by atoms with van der Waals surface area (Å²) in [5.41, 5.74) is 3.82. The van der Waals surface area contributed by atoms with Crippen LogP contribution in [-0.4, -0.2) is 79.8 Å². The number of aromatic amines is 1. The molecule has 2 fully saturated rings. The van der Waals surface area contributed by atoms with Gasteiger partial charge in [0.2, 0.25) is 5.72 Å². The van der Waals surface area contributed by atoms with Crippen molar-refractivity contribution in [1.29, 1.82) is 0 Å². The molecule has 2 saturated heterocycles. The molecule has 14 heteroatoms. The summed E-state index contributed by atoms with van der Waals surface area (Å²) in [6.45, 7) is -0.224. The highest BCUT2D eigenvalue weighted by atomic mass is 32.2. The molecule has 2 aliphatic rings. The highest BCUT2D eigenvalue weighted by molar-refractivity contribution is 7.99. The fraction of sp³-hybridized carbons (Fsp3) is 0.643. The Bertz CT molecular complexity index is 926. The first kappa shape index (κ1) is 20.4. The summed E-state index contributed by atoms with van der Waals surface area (Å²) >= 11 is 1.65. The van der Waals surface area contributed by atoms with Crippen LogP contribution in [0.1, 0.15) is 16.6 Å². The third-order valence-electron chi connectivity index (χ3n) is 4.57. The van der Waals surface area contributed by atoms with E-state index in [2.05, 4.69) is 10.0 Å². The number of carbonyl (C=O) groups is 1. The van der Waals surface area contributed by atoms with Gasteiger partial charge in [0.15, 0.2) is 12.4 Å². The number of nitrogens with zero attached hydrogens (tertiary/aromatic N) is 5. The lowest BCUT2D eigenvalue weighted by molar-refractivity contribution is -0.124. The molecule has 28 heavy (non-hydrogen) atoms. The van der Waals surface area contributed by atoms with Gasteiger partial charge in [-0.05, 0) is 5.53 Å². The van der Waals surface area contributed by atoms with Gasteiger partial charge >= 0.3 is 5.69 Å². The molecule has 3 N–H and O–H groups in total. The van der Waals surface area contributed by atoms with Gasteiger partial charge in [0, 0.05) is 35.7 Å². The van der Waals surface area contributed by atoms with E-state index in [0.29, 0.717) is 29.2 Å². The Morgan fingerprint density at radius 3 is 2.79 bits per heavy atom. The lowest BCUT2D eigenvalue weighted by Crippen LogP contribution is -2.43. The summed E-state index contributed by atoms with van der Waals surface area (Å²) in [7, 11) is 0. The van der Waals surface area contributed by atoms with Crippen molar-refractivity contribution < 1.29 is 24.1 Å². The Morgan fingerprint density at radius 1 is 1.50 bits per heavy atom. The van der Waals surface area contributed by atoms with E-state index in [1.165, 1.54) is 4.90 Å². The van der Waals surface area contributed by atoms with Crippen LogP contribution in [0.2, 0.25) is 0 Å². The molecule has 0 aromatic carbocycles. The molecule has 1 aromatic heterocycles. The Labute approximate surface area is 160 Å². The molecule has 3 heterocycles. The van der Waals surface area contributed by atoms with Crippen molar-refractivity contribution in [2.45, 2.75) is 24.2 Å². The standard InChI is InChI=1S/C14H17FN6O6S/c15-8-9(23)14(6-22,18-19-16)27-12(8)21-5-7(10(24)17-13(21)26)11(25)20-1-3-28-4-2-20/h5,8-9,12,22-23H,1-4,6H2,(H,17,24,26)/t8-,9?,12+,14+/m0/s1. The van der Waals surface area contributed by atoms with Crippen LogP contribution < -0.4 is 11.2 Å². The molecule has 152 valence electrons. The van der Waals surface area contributed by atoms with E-state index in [9.17, 15) is 29.0 Å². The highest BCUT2D eigenvalue weighted by Gasteiger charge is 2.56. The van der Waals surface area contributed by atoms with Gasteiger partial charge in [-0.1, -0.05) is 5.11 Å². The lowest BCUT2D eigenvalue weighted by atomic mass is 10.1. The van der Waals surface area contributed by atoms with Gasteiger partial charge in [-0.25, -0.2) is 9.18 Å². The monoisotopic (exact) mass is 416 g/mol. The molecule has 1 amide bonds. The minimum atomic E-state index is -2.34. The van der Waals surface area contributed by atoms with Crippen molar-refractivity contribution in [3.8, 4) is 0 Å². The van der Waals surface area contributed by atoms with Crippen LogP contribution in [-0.2, 0) is 4.74 Å². The quantitative estimate of drug-likeness (QED) is 0.319. The van der Waals surface area contributed by atoms with E-state index in [1.54, 1.807) is 11.8 Å². The second-order valence-corrected chi connectivity index (χ2v) is 7.43. The maximum Gasteiger partial charge on any atom is 0.330 e. The minimum absolute atomic E-state index is 0.401. The van der Waals surface area contributed by atoms with Crippen LogP contribution >= 0.6 is 11.8 Å². The van der Waals surface area contributed by atoms with Gasteiger partial charge in [0.05, 0.1) is 6.61 Å². The van der Waals surface area contributed by atoms with Crippen LogP contribution in [0.15, 0.2) is 20.9 Å². The van der Waals surface area contributed by atoms with E-state index < -0.39 is 53.6 Å². The van der Waals surface area contributed by atoms with Crippen LogP contribution in [0.3, 0.4) is 0 Å². The number of thioether (sulfide) groups is 1. The first-order valence-electron chi connectivity index (χ1n) is 8.24. The van der Waals surface area contributed by atoms with Crippen molar-refractivity contribution in [3.05, 3.63) is 43.0 Å². The Morgan fingerprint density at radius 2 is 2.18 bits per heavy atom. The summed E-state index contributed by atoms with van der Waals surface area (Å²) in [6, 6.07) is 0. The average Bonchev–Trinajstić information content (AvgIpc) is 2.94. The molecule has 3 rings (SSSR count). The Balaban J connectivity index is 2.01. The first-order valence-corrected chi connectivity index (χ1v) is 9.39. The predicted octanol–water partition coefficient (Wildman–Crippen LogP) is -1.05. The number of aromatic nitrogens is 2. The van der Waals surface area contributed by atoms with Crippen LogP contribution in [0.25, 0.3) is 10.4 Å². The summed E-state index contributed by atoms with van der Waals surface area (Å²) in [4.78, 5) is 42.7. The third-order valence-corrected chi connectivity index (χ3v) is 5.51. The van der Waals surface area contributed by atoms with Crippen molar-refractivity contribution in [2.75, 3.05) is 31.2 Å². The summed E-state index contributed by atoms with van der Waals surface area (Å²) in [5.74, 6) is 0.755. The normalized spacial score (nSPS) is 30.1. The van der Waals surface area contributed by atoms with Gasteiger partial charge in [-0.3, -0.25) is 19.1 Å². The fourth-order valence-electron chi connectivity index (χ4n) is 3.04. The number of halogens is 1. The van der Waals surface area contributed by atoms with E-state index in [1.807, 2.05) is 4.98 Å². The maximum absolute atomic E-state index is 14.6. The van der Waals surface area contributed by atoms with Gasteiger partial charge in [-0.2, -0.15) is 11.8 Å². The zero-order valence-electron chi connectivity index (χ0n) is 14.4. The molecular weight excluding hydrogens is 399 g/mol. The Hall–Kier alpha value is -2.38. The van der Waals surface area contributed by atoms with Crippen molar-refractivity contribution >= 4 is 17.7 Å². The van der Waals surface area contributed by atoms with Gasteiger partial charge in [0.25, 0.3) is 11.5 Å². The number of aliphatic hydroxyl groups is 2. The molecule has 2 aliphatic heterocycles. The number of H-pyrrole nitrogens is 1. The largest absolute Gasteiger partial charge is 0.393 e. The van der Waals surface area contributed by atoms with Crippen LogP contribution in [0, 0.1) is 0 Å². The maximum atomic E-state index is 14.6. The number of carbonyl (C=O) groups excluding carboxylic acids is 1. The van der Waals surface area contributed by atoms with Gasteiger partial charge in [0.1, 0.15) is 11.7 Å². The molecule has 1 unspecified atom stereocenters. The second kappa shape index (κ2) is 7.93. The van der Waals surface area contributed by atoms with Gasteiger partial charge in [-0.15, -0.1) is 0 Å². The number of hydrogen-bond acceptors (Lipinski definition) is 8. The molecule has 0 bridgehead atoms. The van der Waals surface area contributed by atoms with Crippen molar-refractivity contribution in [1.82, 2.24) is 14.5 Å². The van der Waals surface area contributed by atoms with Gasteiger partial charge < -0.3 is 19.8 Å². The number of rotatable bonds is 4. The number of hydrogen-bond donors (Lipinski definition) is 3. The number of ether oxygens (including phenoxy) is 1. The molecule has 0 spiro atoms. The average molecular weight is 416 g/mol. The van der Waals surface area contributed by atoms with E-state index in [0.717, 1.165) is 6.20 Å². The highest BCUT2D eigenvalue weighted by Crippen LogP contribution is 2.39. The lowest BCUT2D eigenvalue weighted by Gasteiger charge is -2.26. The summed E-state index contributed by atoms with van der Waals surface area (Å²) < 4.78 is 20.4. The van der Waals surface area contributed by atoms with Crippen molar-refractivity contribution in [2.24, 2.45) is 5.11 Å². The molecular formula is C14H17FN6O6S. The first-order chi connectivity index (χ1) is 13.3. The number of aliphatic hydroxyl groups excluding tert-OH is 2. The molecule has 12 nitrogen and oxygen atoms in total. The number of azide groups is 1. The molecule has 4 atom stereocenters. The van der Waals surface area contributed by atoms with E-state index in [-0.39, 0.29) is 0 Å². The molecule has 1 aromatic rings. The predicted molar refractivity (Wildman–Crippen MR) is 94.5 cm³/mol. The van der Waals surface area contributed by atoms with Crippen LogP contribution in [0.5, 0.6) is 0 Å².